The summed E-state index contributed by atoms with van der Waals surface area (Å²) in [5, 5.41) is 3.42. The SMILES string of the molecule is C#CCN(CCC)Cc1ccc(CNCCC)cc1Br. The van der Waals surface area contributed by atoms with Gasteiger partial charge in [0.1, 0.15) is 0 Å². The maximum absolute atomic E-state index is 5.43. The van der Waals surface area contributed by atoms with Crippen molar-refractivity contribution in [2.24, 2.45) is 0 Å². The molecule has 0 radical (unpaired) electrons. The summed E-state index contributed by atoms with van der Waals surface area (Å²) in [6.45, 7) is 9.00. The summed E-state index contributed by atoms with van der Waals surface area (Å²) < 4.78 is 1.17. The van der Waals surface area contributed by atoms with Gasteiger partial charge in [0, 0.05) is 17.6 Å². The van der Waals surface area contributed by atoms with Crippen molar-refractivity contribution in [3.8, 4) is 12.3 Å². The first kappa shape index (κ1) is 17.2. The quantitative estimate of drug-likeness (QED) is 0.545. The Hall–Kier alpha value is -0.820. The van der Waals surface area contributed by atoms with Crippen molar-refractivity contribution in [3.05, 3.63) is 33.8 Å². The van der Waals surface area contributed by atoms with Crippen molar-refractivity contribution in [1.29, 1.82) is 0 Å². The summed E-state index contributed by atoms with van der Waals surface area (Å²) in [5.41, 5.74) is 2.61. The second-order valence-electron chi connectivity index (χ2n) is 5.02. The first-order valence-corrected chi connectivity index (χ1v) is 8.14. The van der Waals surface area contributed by atoms with E-state index in [0.717, 1.165) is 39.0 Å². The molecule has 0 amide bonds. The number of nitrogens with zero attached hydrogens (tertiary/aromatic N) is 1. The van der Waals surface area contributed by atoms with Gasteiger partial charge in [0.2, 0.25) is 0 Å². The van der Waals surface area contributed by atoms with E-state index in [4.69, 9.17) is 6.42 Å². The third-order valence-electron chi connectivity index (χ3n) is 3.12. The van der Waals surface area contributed by atoms with E-state index in [9.17, 15) is 0 Å². The molecule has 110 valence electrons. The van der Waals surface area contributed by atoms with Crippen LogP contribution in [-0.2, 0) is 13.1 Å². The molecule has 0 unspecified atom stereocenters. The molecule has 0 saturated heterocycles. The Morgan fingerprint density at radius 3 is 2.70 bits per heavy atom. The smallest absolute Gasteiger partial charge is 0.0601 e. The van der Waals surface area contributed by atoms with Crippen LogP contribution in [0.5, 0.6) is 0 Å². The molecule has 0 aromatic heterocycles. The Labute approximate surface area is 132 Å². The second-order valence-corrected chi connectivity index (χ2v) is 5.87. The van der Waals surface area contributed by atoms with E-state index in [1.54, 1.807) is 0 Å². The van der Waals surface area contributed by atoms with E-state index in [1.807, 2.05) is 0 Å². The average molecular weight is 337 g/mol. The highest BCUT2D eigenvalue weighted by atomic mass is 79.9. The van der Waals surface area contributed by atoms with Gasteiger partial charge in [0.15, 0.2) is 0 Å². The summed E-state index contributed by atoms with van der Waals surface area (Å²) in [6, 6.07) is 6.60. The lowest BCUT2D eigenvalue weighted by Gasteiger charge is -2.20. The van der Waals surface area contributed by atoms with Crippen LogP contribution in [0.1, 0.15) is 37.8 Å². The van der Waals surface area contributed by atoms with E-state index in [0.29, 0.717) is 6.54 Å². The largest absolute Gasteiger partial charge is 0.313 e. The molecule has 1 N–H and O–H groups in total. The van der Waals surface area contributed by atoms with Gasteiger partial charge in [-0.05, 0) is 43.1 Å². The van der Waals surface area contributed by atoms with E-state index in [-0.39, 0.29) is 0 Å². The molecule has 0 heterocycles. The summed E-state index contributed by atoms with van der Waals surface area (Å²) in [5.74, 6) is 2.74. The van der Waals surface area contributed by atoms with Crippen molar-refractivity contribution < 1.29 is 0 Å². The molecule has 0 spiro atoms. The summed E-state index contributed by atoms with van der Waals surface area (Å²) >= 11 is 3.68. The Bertz CT molecular complexity index is 437. The van der Waals surface area contributed by atoms with Crippen LogP contribution in [0.4, 0.5) is 0 Å². The molecule has 0 atom stereocenters. The van der Waals surface area contributed by atoms with E-state index in [1.165, 1.54) is 15.6 Å². The molecule has 0 aliphatic carbocycles. The van der Waals surface area contributed by atoms with Crippen LogP contribution < -0.4 is 5.32 Å². The molecule has 0 aliphatic rings. The molecule has 0 bridgehead atoms. The van der Waals surface area contributed by atoms with Crippen LogP contribution in [0.25, 0.3) is 0 Å². The molecule has 1 rings (SSSR count). The molecule has 3 heteroatoms. The minimum Gasteiger partial charge on any atom is -0.313 e. The fourth-order valence-corrected chi connectivity index (χ4v) is 2.69. The number of hydrogen-bond acceptors (Lipinski definition) is 2. The second kappa shape index (κ2) is 9.99. The first-order chi connectivity index (χ1) is 9.71. The van der Waals surface area contributed by atoms with E-state index in [2.05, 4.69) is 64.1 Å². The Morgan fingerprint density at radius 1 is 1.30 bits per heavy atom. The van der Waals surface area contributed by atoms with E-state index < -0.39 is 0 Å². The van der Waals surface area contributed by atoms with Crippen molar-refractivity contribution >= 4 is 15.9 Å². The van der Waals surface area contributed by atoms with Crippen molar-refractivity contribution in [1.82, 2.24) is 10.2 Å². The zero-order chi connectivity index (χ0) is 14.8. The topological polar surface area (TPSA) is 15.3 Å². The summed E-state index contributed by atoms with van der Waals surface area (Å²) in [4.78, 5) is 2.30. The van der Waals surface area contributed by atoms with Gasteiger partial charge >= 0.3 is 0 Å². The highest BCUT2D eigenvalue weighted by Crippen LogP contribution is 2.20. The number of halogens is 1. The van der Waals surface area contributed by atoms with Gasteiger partial charge in [-0.2, -0.15) is 0 Å². The maximum Gasteiger partial charge on any atom is 0.0601 e. The van der Waals surface area contributed by atoms with Gasteiger partial charge in [-0.1, -0.05) is 47.8 Å². The molecule has 20 heavy (non-hydrogen) atoms. The molecule has 1 aromatic carbocycles. The molecular weight excluding hydrogens is 312 g/mol. The van der Waals surface area contributed by atoms with Crippen LogP contribution in [0, 0.1) is 12.3 Å². The number of benzene rings is 1. The number of nitrogens with one attached hydrogen (secondary N) is 1. The summed E-state index contributed by atoms with van der Waals surface area (Å²) in [6.07, 6.45) is 7.72. The Balaban J connectivity index is 2.64. The summed E-state index contributed by atoms with van der Waals surface area (Å²) in [7, 11) is 0. The molecule has 1 aromatic rings. The Kier molecular flexibility index (Phi) is 8.60. The minimum atomic E-state index is 0.708. The van der Waals surface area contributed by atoms with Crippen molar-refractivity contribution in [2.75, 3.05) is 19.6 Å². The Morgan fingerprint density at radius 2 is 2.10 bits per heavy atom. The number of rotatable bonds is 9. The van der Waals surface area contributed by atoms with Crippen LogP contribution in [0.15, 0.2) is 22.7 Å². The molecule has 0 saturated carbocycles. The van der Waals surface area contributed by atoms with Gasteiger partial charge in [-0.3, -0.25) is 4.90 Å². The third-order valence-corrected chi connectivity index (χ3v) is 3.86. The zero-order valence-electron chi connectivity index (χ0n) is 12.6. The molecule has 0 aliphatic heterocycles. The van der Waals surface area contributed by atoms with Gasteiger partial charge in [0.25, 0.3) is 0 Å². The van der Waals surface area contributed by atoms with Crippen molar-refractivity contribution in [3.63, 3.8) is 0 Å². The van der Waals surface area contributed by atoms with Gasteiger partial charge in [-0.25, -0.2) is 0 Å². The lowest BCUT2D eigenvalue weighted by molar-refractivity contribution is 0.299. The molecule has 0 fully saturated rings. The van der Waals surface area contributed by atoms with Crippen molar-refractivity contribution in [2.45, 2.75) is 39.8 Å². The number of terminal acetylenes is 1. The first-order valence-electron chi connectivity index (χ1n) is 7.35. The van der Waals surface area contributed by atoms with Crippen LogP contribution in [0.3, 0.4) is 0 Å². The predicted octanol–water partition coefficient (Wildman–Crippen LogP) is 3.79. The van der Waals surface area contributed by atoms with Gasteiger partial charge < -0.3 is 5.32 Å². The van der Waals surface area contributed by atoms with E-state index >= 15 is 0 Å². The lowest BCUT2D eigenvalue weighted by atomic mass is 10.1. The third kappa shape index (κ3) is 6.09. The van der Waals surface area contributed by atoms with Crippen LogP contribution in [0.2, 0.25) is 0 Å². The predicted molar refractivity (Wildman–Crippen MR) is 90.5 cm³/mol. The normalized spacial score (nSPS) is 10.8. The fraction of sp³-hybridized carbons (Fsp3) is 0.529. The monoisotopic (exact) mass is 336 g/mol. The molecule has 2 nitrogen and oxygen atoms in total. The van der Waals surface area contributed by atoms with Gasteiger partial charge in [-0.15, -0.1) is 6.42 Å². The zero-order valence-corrected chi connectivity index (χ0v) is 14.2. The number of hydrogen-bond donors (Lipinski definition) is 1. The minimum absolute atomic E-state index is 0.708. The lowest BCUT2D eigenvalue weighted by Crippen LogP contribution is -2.24. The molecular formula is C17H25BrN2. The standard InChI is InChI=1S/C17H25BrN2/c1-4-9-19-13-15-7-8-16(17(18)12-15)14-20(10-5-2)11-6-3/h2,7-8,12,19H,4,6,9-11,13-14H2,1,3H3. The van der Waals surface area contributed by atoms with Gasteiger partial charge in [0.05, 0.1) is 6.54 Å². The average Bonchev–Trinajstić information content (AvgIpc) is 2.42. The fourth-order valence-electron chi connectivity index (χ4n) is 2.14. The van der Waals surface area contributed by atoms with Crippen LogP contribution in [-0.4, -0.2) is 24.5 Å². The maximum atomic E-state index is 5.43. The highest BCUT2D eigenvalue weighted by molar-refractivity contribution is 9.10. The van der Waals surface area contributed by atoms with Crippen LogP contribution >= 0.6 is 15.9 Å². The highest BCUT2D eigenvalue weighted by Gasteiger charge is 2.07.